The van der Waals surface area contributed by atoms with E-state index in [-0.39, 0.29) is 18.4 Å². The number of carbonyl (C=O) groups is 3. The third-order valence-electron chi connectivity index (χ3n) is 3.40. The molecular weight excluding hydrogens is 210 g/mol. The van der Waals surface area contributed by atoms with Crippen molar-refractivity contribution in [3.05, 3.63) is 0 Å². The van der Waals surface area contributed by atoms with E-state index in [9.17, 15) is 14.4 Å². The summed E-state index contributed by atoms with van der Waals surface area (Å²) in [6.07, 6.45) is 3.31. The SMILES string of the molecule is O=C1CCCCC(=O)N1CC1(C(=O)O)CC1. The summed E-state index contributed by atoms with van der Waals surface area (Å²) in [5.74, 6) is -1.32. The number of imide groups is 1. The molecule has 0 aromatic carbocycles. The number of amides is 2. The average Bonchev–Trinajstić information content (AvgIpc) is 3.01. The molecule has 1 heterocycles. The highest BCUT2D eigenvalue weighted by Gasteiger charge is 2.52. The number of nitrogens with zero attached hydrogens (tertiary/aromatic N) is 1. The highest BCUT2D eigenvalue weighted by atomic mass is 16.4. The zero-order valence-corrected chi connectivity index (χ0v) is 9.07. The molecule has 1 saturated carbocycles. The molecule has 0 unspecified atom stereocenters. The monoisotopic (exact) mass is 225 g/mol. The lowest BCUT2D eigenvalue weighted by molar-refractivity contribution is -0.149. The van der Waals surface area contributed by atoms with Crippen LogP contribution in [0.3, 0.4) is 0 Å². The van der Waals surface area contributed by atoms with Crippen LogP contribution in [0.25, 0.3) is 0 Å². The number of carboxylic acids is 1. The lowest BCUT2D eigenvalue weighted by Crippen LogP contribution is -2.41. The summed E-state index contributed by atoms with van der Waals surface area (Å²) in [7, 11) is 0. The number of aliphatic carboxylic acids is 1. The van der Waals surface area contributed by atoms with Gasteiger partial charge in [-0.15, -0.1) is 0 Å². The minimum Gasteiger partial charge on any atom is -0.481 e. The Morgan fingerprint density at radius 3 is 2.06 bits per heavy atom. The lowest BCUT2D eigenvalue weighted by Gasteiger charge is -2.22. The zero-order valence-electron chi connectivity index (χ0n) is 9.07. The summed E-state index contributed by atoms with van der Waals surface area (Å²) in [5.41, 5.74) is -0.838. The smallest absolute Gasteiger partial charge is 0.311 e. The summed E-state index contributed by atoms with van der Waals surface area (Å²) >= 11 is 0. The Hall–Kier alpha value is -1.39. The largest absolute Gasteiger partial charge is 0.481 e. The molecule has 0 atom stereocenters. The van der Waals surface area contributed by atoms with Crippen molar-refractivity contribution in [3.63, 3.8) is 0 Å². The van der Waals surface area contributed by atoms with Gasteiger partial charge in [0.1, 0.15) is 0 Å². The van der Waals surface area contributed by atoms with E-state index in [2.05, 4.69) is 0 Å². The van der Waals surface area contributed by atoms with Gasteiger partial charge >= 0.3 is 5.97 Å². The Bertz CT molecular complexity index is 328. The fourth-order valence-electron chi connectivity index (χ4n) is 2.03. The molecule has 0 spiro atoms. The standard InChI is InChI=1S/C11H15NO4/c13-8-3-1-2-4-9(14)12(8)7-11(5-6-11)10(15)16/h1-7H2,(H,15,16). The third-order valence-corrected chi connectivity index (χ3v) is 3.40. The van der Waals surface area contributed by atoms with Crippen LogP contribution in [-0.4, -0.2) is 34.3 Å². The van der Waals surface area contributed by atoms with Gasteiger partial charge in [-0.05, 0) is 25.7 Å². The van der Waals surface area contributed by atoms with Gasteiger partial charge in [0, 0.05) is 19.4 Å². The molecule has 1 saturated heterocycles. The summed E-state index contributed by atoms with van der Waals surface area (Å²) in [6, 6.07) is 0. The fraction of sp³-hybridized carbons (Fsp3) is 0.727. The second kappa shape index (κ2) is 3.88. The predicted octanol–water partition coefficient (Wildman–Crippen LogP) is 0.780. The molecule has 0 aromatic heterocycles. The Labute approximate surface area is 93.4 Å². The number of hydrogen-bond donors (Lipinski definition) is 1. The highest BCUT2D eigenvalue weighted by Crippen LogP contribution is 2.46. The quantitative estimate of drug-likeness (QED) is 0.720. The van der Waals surface area contributed by atoms with Gasteiger partial charge in [0.2, 0.25) is 11.8 Å². The lowest BCUT2D eigenvalue weighted by atomic mass is 10.1. The second-order valence-electron chi connectivity index (χ2n) is 4.67. The molecule has 5 heteroatoms. The number of carboxylic acid groups (broad SMARTS) is 1. The van der Waals surface area contributed by atoms with Crippen molar-refractivity contribution in [2.75, 3.05) is 6.54 Å². The van der Waals surface area contributed by atoms with Crippen LogP contribution in [0, 0.1) is 5.41 Å². The summed E-state index contributed by atoms with van der Waals surface area (Å²) in [6.45, 7) is 0.0694. The third kappa shape index (κ3) is 1.94. The molecule has 16 heavy (non-hydrogen) atoms. The molecule has 0 radical (unpaired) electrons. The van der Waals surface area contributed by atoms with Gasteiger partial charge in [0.25, 0.3) is 0 Å². The summed E-state index contributed by atoms with van der Waals surface area (Å²) < 4.78 is 0. The van der Waals surface area contributed by atoms with Gasteiger partial charge in [0.15, 0.2) is 0 Å². The number of likely N-dealkylation sites (tertiary alicyclic amines) is 1. The van der Waals surface area contributed by atoms with Crippen molar-refractivity contribution >= 4 is 17.8 Å². The molecule has 1 aliphatic carbocycles. The van der Waals surface area contributed by atoms with Crippen molar-refractivity contribution in [2.45, 2.75) is 38.5 Å². The first-order valence-electron chi connectivity index (χ1n) is 5.62. The van der Waals surface area contributed by atoms with E-state index in [0.717, 1.165) is 17.7 Å². The maximum atomic E-state index is 11.7. The molecule has 0 bridgehead atoms. The molecule has 5 nitrogen and oxygen atoms in total. The minimum absolute atomic E-state index is 0.0694. The van der Waals surface area contributed by atoms with E-state index < -0.39 is 11.4 Å². The first kappa shape index (κ1) is 11.1. The Morgan fingerprint density at radius 2 is 1.69 bits per heavy atom. The van der Waals surface area contributed by atoms with E-state index >= 15 is 0 Å². The normalized spacial score (nSPS) is 24.1. The van der Waals surface area contributed by atoms with Gasteiger partial charge < -0.3 is 5.11 Å². The molecule has 1 N–H and O–H groups in total. The van der Waals surface area contributed by atoms with E-state index in [4.69, 9.17) is 5.11 Å². The van der Waals surface area contributed by atoms with E-state index in [1.54, 1.807) is 0 Å². The van der Waals surface area contributed by atoms with Crippen LogP contribution in [-0.2, 0) is 14.4 Å². The molecule has 2 aliphatic rings. The number of hydrogen-bond acceptors (Lipinski definition) is 3. The van der Waals surface area contributed by atoms with Crippen molar-refractivity contribution in [1.29, 1.82) is 0 Å². The number of carbonyl (C=O) groups excluding carboxylic acids is 2. The summed E-state index contributed by atoms with van der Waals surface area (Å²) in [5, 5.41) is 9.03. The van der Waals surface area contributed by atoms with Crippen molar-refractivity contribution in [1.82, 2.24) is 4.90 Å². The van der Waals surface area contributed by atoms with Crippen LogP contribution in [0.5, 0.6) is 0 Å². The minimum atomic E-state index is -0.891. The van der Waals surface area contributed by atoms with Gasteiger partial charge in [-0.2, -0.15) is 0 Å². The molecule has 0 aromatic rings. The van der Waals surface area contributed by atoms with Crippen molar-refractivity contribution in [3.8, 4) is 0 Å². The molecule has 1 aliphatic heterocycles. The Kier molecular flexibility index (Phi) is 2.69. The molecular formula is C11H15NO4. The van der Waals surface area contributed by atoms with Crippen LogP contribution < -0.4 is 0 Å². The van der Waals surface area contributed by atoms with Crippen LogP contribution in [0.4, 0.5) is 0 Å². The van der Waals surface area contributed by atoms with Gasteiger partial charge in [-0.3, -0.25) is 19.3 Å². The average molecular weight is 225 g/mol. The van der Waals surface area contributed by atoms with E-state index in [1.165, 1.54) is 0 Å². The number of rotatable bonds is 3. The van der Waals surface area contributed by atoms with Crippen LogP contribution in [0.15, 0.2) is 0 Å². The van der Waals surface area contributed by atoms with Crippen LogP contribution in [0.1, 0.15) is 38.5 Å². The maximum Gasteiger partial charge on any atom is 0.311 e. The summed E-state index contributed by atoms with van der Waals surface area (Å²) in [4.78, 5) is 35.5. The Morgan fingerprint density at radius 1 is 1.19 bits per heavy atom. The second-order valence-corrected chi connectivity index (χ2v) is 4.67. The van der Waals surface area contributed by atoms with Crippen LogP contribution >= 0.6 is 0 Å². The molecule has 2 rings (SSSR count). The molecule has 88 valence electrons. The van der Waals surface area contributed by atoms with E-state index in [0.29, 0.717) is 25.7 Å². The van der Waals surface area contributed by atoms with Gasteiger partial charge in [0.05, 0.1) is 5.41 Å². The van der Waals surface area contributed by atoms with Gasteiger partial charge in [-0.25, -0.2) is 0 Å². The van der Waals surface area contributed by atoms with Crippen molar-refractivity contribution in [2.24, 2.45) is 5.41 Å². The maximum absolute atomic E-state index is 11.7. The molecule has 2 amide bonds. The Balaban J connectivity index is 2.09. The fourth-order valence-corrected chi connectivity index (χ4v) is 2.03. The molecule has 2 fully saturated rings. The van der Waals surface area contributed by atoms with Crippen molar-refractivity contribution < 1.29 is 19.5 Å². The topological polar surface area (TPSA) is 74.7 Å². The predicted molar refractivity (Wildman–Crippen MR) is 54.5 cm³/mol. The van der Waals surface area contributed by atoms with Crippen LogP contribution in [0.2, 0.25) is 0 Å². The van der Waals surface area contributed by atoms with Gasteiger partial charge in [-0.1, -0.05) is 0 Å². The van der Waals surface area contributed by atoms with E-state index in [1.807, 2.05) is 0 Å². The first-order valence-corrected chi connectivity index (χ1v) is 5.62. The zero-order chi connectivity index (χ0) is 11.8. The highest BCUT2D eigenvalue weighted by molar-refractivity contribution is 5.96. The first-order chi connectivity index (χ1) is 7.55.